The second kappa shape index (κ2) is 7.19. The minimum Gasteiger partial charge on any atom is -0.363 e. The number of anilines is 1. The van der Waals surface area contributed by atoms with E-state index in [0.29, 0.717) is 17.9 Å². The number of hydrogen-bond acceptors (Lipinski definition) is 5. The van der Waals surface area contributed by atoms with E-state index in [0.717, 1.165) is 30.5 Å². The van der Waals surface area contributed by atoms with Gasteiger partial charge < -0.3 is 5.32 Å². The molecule has 1 N–H and O–H groups in total. The molecule has 0 amide bonds. The molecule has 2 heterocycles. The summed E-state index contributed by atoms with van der Waals surface area (Å²) < 4.78 is 0. The van der Waals surface area contributed by atoms with Crippen LogP contribution in [0.1, 0.15) is 47.3 Å². The molecule has 2 aromatic heterocycles. The highest BCUT2D eigenvalue weighted by molar-refractivity contribution is 7.12. The van der Waals surface area contributed by atoms with Crippen LogP contribution >= 0.6 is 11.3 Å². The van der Waals surface area contributed by atoms with Crippen molar-refractivity contribution in [3.8, 4) is 6.07 Å². The topological polar surface area (TPSA) is 61.6 Å². The fourth-order valence-electron chi connectivity index (χ4n) is 2.30. The summed E-state index contributed by atoms with van der Waals surface area (Å²) in [5.41, 5.74) is 2.57. The molecule has 0 aliphatic carbocycles. The fraction of sp³-hybridized carbons (Fsp3) is 0.438. The molecule has 0 saturated heterocycles. The van der Waals surface area contributed by atoms with E-state index in [9.17, 15) is 5.26 Å². The van der Waals surface area contributed by atoms with Gasteiger partial charge in [0.25, 0.3) is 0 Å². The van der Waals surface area contributed by atoms with Crippen molar-refractivity contribution < 1.29 is 0 Å². The number of hydrogen-bond donors (Lipinski definition) is 1. The lowest BCUT2D eigenvalue weighted by molar-refractivity contribution is 0.870. The lowest BCUT2D eigenvalue weighted by atomic mass is 10.0. The molecule has 0 aliphatic heterocycles. The largest absolute Gasteiger partial charge is 0.363 e. The van der Waals surface area contributed by atoms with Gasteiger partial charge >= 0.3 is 0 Å². The third-order valence-corrected chi connectivity index (χ3v) is 4.68. The average Bonchev–Trinajstić information content (AvgIpc) is 2.99. The third-order valence-electron chi connectivity index (χ3n) is 3.45. The molecule has 2 aromatic rings. The Labute approximate surface area is 129 Å². The molecule has 0 aromatic carbocycles. The highest BCUT2D eigenvalue weighted by Gasteiger charge is 2.14. The predicted molar refractivity (Wildman–Crippen MR) is 86.5 cm³/mol. The van der Waals surface area contributed by atoms with Gasteiger partial charge in [0.2, 0.25) is 0 Å². The van der Waals surface area contributed by atoms with Crippen LogP contribution in [0, 0.1) is 11.3 Å². The van der Waals surface area contributed by atoms with Gasteiger partial charge in [-0.3, -0.25) is 0 Å². The van der Waals surface area contributed by atoms with Crippen LogP contribution in [0.4, 0.5) is 5.82 Å². The average molecular weight is 300 g/mol. The van der Waals surface area contributed by atoms with Gasteiger partial charge in [-0.1, -0.05) is 20.8 Å². The lowest BCUT2D eigenvalue weighted by Gasteiger charge is -2.11. The Balaban J connectivity index is 2.22. The number of nitrogens with zero attached hydrogens (tertiary/aromatic N) is 3. The Hall–Kier alpha value is -1.93. The second-order valence-electron chi connectivity index (χ2n) is 4.74. The van der Waals surface area contributed by atoms with Crippen LogP contribution < -0.4 is 5.32 Å². The van der Waals surface area contributed by atoms with Crippen molar-refractivity contribution in [2.45, 2.75) is 46.6 Å². The Bertz CT molecular complexity index is 655. The Kier molecular flexibility index (Phi) is 5.29. The molecular formula is C16H20N4S. The van der Waals surface area contributed by atoms with Crippen molar-refractivity contribution in [1.29, 1.82) is 5.26 Å². The van der Waals surface area contributed by atoms with Crippen LogP contribution in [0.25, 0.3) is 0 Å². The van der Waals surface area contributed by atoms with Crippen LogP contribution in [0.3, 0.4) is 0 Å². The molecule has 110 valence electrons. The highest BCUT2D eigenvalue weighted by Crippen LogP contribution is 2.22. The number of rotatable bonds is 6. The molecule has 0 saturated carbocycles. The van der Waals surface area contributed by atoms with E-state index in [1.807, 2.05) is 13.8 Å². The number of nitrogens with one attached hydrogen (secondary N) is 1. The summed E-state index contributed by atoms with van der Waals surface area (Å²) in [7, 11) is 0. The summed E-state index contributed by atoms with van der Waals surface area (Å²) in [5.74, 6) is 0.595. The fourth-order valence-corrected chi connectivity index (χ4v) is 3.19. The molecule has 21 heavy (non-hydrogen) atoms. The minimum absolute atomic E-state index is 0.595. The SMILES string of the molecule is CCc1ccc(CNc2nnc(CC)c(CC)c2C#N)s1. The van der Waals surface area contributed by atoms with Gasteiger partial charge in [0.15, 0.2) is 5.82 Å². The molecule has 2 rings (SSSR count). The maximum absolute atomic E-state index is 9.43. The van der Waals surface area contributed by atoms with E-state index in [-0.39, 0.29) is 0 Å². The molecule has 4 nitrogen and oxygen atoms in total. The van der Waals surface area contributed by atoms with Gasteiger partial charge in [-0.05, 0) is 37.0 Å². The number of thiophene rings is 1. The molecule has 0 bridgehead atoms. The summed E-state index contributed by atoms with van der Waals surface area (Å²) in [5, 5.41) is 21.1. The summed E-state index contributed by atoms with van der Waals surface area (Å²) in [4.78, 5) is 2.61. The first kappa shape index (κ1) is 15.5. The lowest BCUT2D eigenvalue weighted by Crippen LogP contribution is -2.09. The maximum Gasteiger partial charge on any atom is 0.167 e. The third kappa shape index (κ3) is 3.40. The molecule has 0 radical (unpaired) electrons. The predicted octanol–water partition coefficient (Wildman–Crippen LogP) is 3.71. The van der Waals surface area contributed by atoms with Gasteiger partial charge in [-0.15, -0.1) is 16.4 Å². The second-order valence-corrected chi connectivity index (χ2v) is 6.00. The standard InChI is InChI=1S/C16H20N4S/c1-4-11-7-8-12(21-11)10-18-16-14(9-17)13(5-2)15(6-3)19-20-16/h7-8H,4-6,10H2,1-3H3,(H,18,20). The van der Waals surface area contributed by atoms with Gasteiger partial charge in [0, 0.05) is 9.75 Å². The quantitative estimate of drug-likeness (QED) is 0.883. The van der Waals surface area contributed by atoms with Gasteiger partial charge in [-0.25, -0.2) is 0 Å². The zero-order chi connectivity index (χ0) is 15.2. The van der Waals surface area contributed by atoms with Crippen molar-refractivity contribution in [2.75, 3.05) is 5.32 Å². The number of aromatic nitrogens is 2. The van der Waals surface area contributed by atoms with Crippen LogP contribution in [-0.4, -0.2) is 10.2 Å². The van der Waals surface area contributed by atoms with Gasteiger partial charge in [0.05, 0.1) is 12.2 Å². The molecule has 0 unspecified atom stereocenters. The molecule has 0 fully saturated rings. The number of aryl methyl sites for hydroxylation is 2. The Morgan fingerprint density at radius 1 is 1.10 bits per heavy atom. The monoisotopic (exact) mass is 300 g/mol. The highest BCUT2D eigenvalue weighted by atomic mass is 32.1. The first-order valence-corrected chi connectivity index (χ1v) is 8.15. The van der Waals surface area contributed by atoms with Crippen molar-refractivity contribution in [1.82, 2.24) is 10.2 Å². The van der Waals surface area contributed by atoms with E-state index < -0.39 is 0 Å². The number of nitriles is 1. The molecule has 0 spiro atoms. The van der Waals surface area contributed by atoms with E-state index in [1.165, 1.54) is 9.75 Å². The molecular weight excluding hydrogens is 280 g/mol. The van der Waals surface area contributed by atoms with E-state index in [2.05, 4.69) is 40.6 Å². The van der Waals surface area contributed by atoms with Crippen LogP contribution in [0.5, 0.6) is 0 Å². The van der Waals surface area contributed by atoms with Crippen molar-refractivity contribution in [2.24, 2.45) is 0 Å². The van der Waals surface area contributed by atoms with Crippen molar-refractivity contribution in [3.63, 3.8) is 0 Å². The smallest absolute Gasteiger partial charge is 0.167 e. The van der Waals surface area contributed by atoms with Gasteiger partial charge in [-0.2, -0.15) is 10.4 Å². The summed E-state index contributed by atoms with van der Waals surface area (Å²) >= 11 is 1.79. The summed E-state index contributed by atoms with van der Waals surface area (Å²) in [6, 6.07) is 6.55. The van der Waals surface area contributed by atoms with Crippen molar-refractivity contribution in [3.05, 3.63) is 38.7 Å². The van der Waals surface area contributed by atoms with E-state index in [4.69, 9.17) is 0 Å². The summed E-state index contributed by atoms with van der Waals surface area (Å²) in [6.45, 7) is 6.92. The Morgan fingerprint density at radius 3 is 2.43 bits per heavy atom. The van der Waals surface area contributed by atoms with Crippen LogP contribution in [0.2, 0.25) is 0 Å². The van der Waals surface area contributed by atoms with Crippen LogP contribution in [0.15, 0.2) is 12.1 Å². The zero-order valence-electron chi connectivity index (χ0n) is 12.7. The minimum atomic E-state index is 0.595. The van der Waals surface area contributed by atoms with E-state index >= 15 is 0 Å². The van der Waals surface area contributed by atoms with E-state index in [1.54, 1.807) is 11.3 Å². The molecule has 5 heteroatoms. The van der Waals surface area contributed by atoms with Crippen molar-refractivity contribution >= 4 is 17.2 Å². The Morgan fingerprint density at radius 2 is 1.86 bits per heavy atom. The summed E-state index contributed by atoms with van der Waals surface area (Å²) in [6.07, 6.45) is 2.66. The van der Waals surface area contributed by atoms with Crippen LogP contribution in [-0.2, 0) is 25.8 Å². The first-order chi connectivity index (χ1) is 10.2. The normalized spacial score (nSPS) is 10.4. The molecule has 0 aliphatic rings. The molecule has 0 atom stereocenters. The maximum atomic E-state index is 9.43. The zero-order valence-corrected chi connectivity index (χ0v) is 13.5. The first-order valence-electron chi connectivity index (χ1n) is 7.33. The van der Waals surface area contributed by atoms with Gasteiger partial charge in [0.1, 0.15) is 11.6 Å².